The molecule has 0 spiro atoms. The first kappa shape index (κ1) is 49.7. The van der Waals surface area contributed by atoms with Gasteiger partial charge in [-0.05, 0) is 36.7 Å². The van der Waals surface area contributed by atoms with Crippen molar-refractivity contribution < 1.29 is 38.7 Å². The van der Waals surface area contributed by atoms with Crippen LogP contribution in [-0.2, 0) is 40.0 Å². The third-order valence-corrected chi connectivity index (χ3v) is 11.3. The summed E-state index contributed by atoms with van der Waals surface area (Å²) in [6.07, 6.45) is 18.4. The average Bonchev–Trinajstić information content (AvgIpc) is 3.19. The summed E-state index contributed by atoms with van der Waals surface area (Å²) in [5.41, 5.74) is 11.8. The highest BCUT2D eigenvalue weighted by Gasteiger charge is 2.31. The Kier molecular flexibility index (Phi) is 24.7. The standard InChI is InChI=1S/C44H72N6O8/c1-3-31(2)40(43(56)48-34(41(46)54)28-32-22-16-14-17-23-32)50-39(53)27-21-13-11-9-7-5-4-6-8-10-12-20-26-38(52)47-35(30-37(45)51)42(55)49-36(44(57)58)29-33-24-18-15-19-25-33/h14,16-17,22-23,31,33-36,40H,3-13,15,18-21,24-30H2,1-2H3,(H2,45,51)(H2,46,54)(H,47,52)(H,48,56)(H,49,55)(H,50,53)(H,57,58)/t31?,34-,35-,36-,40-/m0/s1. The lowest BCUT2D eigenvalue weighted by Crippen LogP contribution is -2.55. The van der Waals surface area contributed by atoms with E-state index in [2.05, 4.69) is 21.3 Å². The van der Waals surface area contributed by atoms with Gasteiger partial charge >= 0.3 is 5.97 Å². The van der Waals surface area contributed by atoms with Crippen molar-refractivity contribution in [1.29, 1.82) is 0 Å². The molecule has 0 aromatic heterocycles. The molecule has 1 aliphatic rings. The minimum absolute atomic E-state index is 0.117. The van der Waals surface area contributed by atoms with E-state index >= 15 is 0 Å². The number of carbonyl (C=O) groups is 7. The molecular formula is C44H72N6O8. The van der Waals surface area contributed by atoms with Crippen molar-refractivity contribution in [2.24, 2.45) is 23.3 Å². The molecule has 0 aliphatic heterocycles. The molecule has 1 aliphatic carbocycles. The van der Waals surface area contributed by atoms with Crippen LogP contribution < -0.4 is 32.7 Å². The third kappa shape index (κ3) is 21.3. The first-order valence-electron chi connectivity index (χ1n) is 21.8. The van der Waals surface area contributed by atoms with Crippen molar-refractivity contribution in [1.82, 2.24) is 21.3 Å². The number of aliphatic carboxylic acids is 1. The fourth-order valence-electron chi connectivity index (χ4n) is 7.55. The molecule has 1 fully saturated rings. The van der Waals surface area contributed by atoms with Gasteiger partial charge in [-0.25, -0.2) is 4.79 Å². The largest absolute Gasteiger partial charge is 0.480 e. The zero-order valence-electron chi connectivity index (χ0n) is 35.1. The molecule has 9 N–H and O–H groups in total. The number of hydrogen-bond acceptors (Lipinski definition) is 7. The second-order valence-electron chi connectivity index (χ2n) is 16.3. The van der Waals surface area contributed by atoms with Crippen LogP contribution in [0.3, 0.4) is 0 Å². The van der Waals surface area contributed by atoms with Gasteiger partial charge in [0.2, 0.25) is 35.4 Å². The smallest absolute Gasteiger partial charge is 0.326 e. The van der Waals surface area contributed by atoms with Crippen LogP contribution in [0.5, 0.6) is 0 Å². The first-order valence-corrected chi connectivity index (χ1v) is 21.8. The Balaban J connectivity index is 1.55. The molecule has 1 aromatic rings. The summed E-state index contributed by atoms with van der Waals surface area (Å²) >= 11 is 0. The van der Waals surface area contributed by atoms with Gasteiger partial charge in [0.1, 0.15) is 24.2 Å². The number of unbranched alkanes of at least 4 members (excludes halogenated alkanes) is 11. The maximum Gasteiger partial charge on any atom is 0.326 e. The number of primary amides is 2. The average molecular weight is 813 g/mol. The summed E-state index contributed by atoms with van der Waals surface area (Å²) in [6.45, 7) is 3.85. The van der Waals surface area contributed by atoms with Gasteiger partial charge in [-0.1, -0.05) is 147 Å². The van der Waals surface area contributed by atoms with E-state index in [0.29, 0.717) is 25.7 Å². The van der Waals surface area contributed by atoms with Gasteiger partial charge in [-0.2, -0.15) is 0 Å². The molecule has 2 rings (SSSR count). The van der Waals surface area contributed by atoms with Gasteiger partial charge in [0.05, 0.1) is 6.42 Å². The number of carboxylic acids is 1. The topological polar surface area (TPSA) is 240 Å². The van der Waals surface area contributed by atoms with E-state index in [1.165, 1.54) is 0 Å². The highest BCUT2D eigenvalue weighted by molar-refractivity contribution is 5.94. The molecular weight excluding hydrogens is 741 g/mol. The molecule has 0 radical (unpaired) electrons. The number of carboxylic acid groups (broad SMARTS) is 1. The van der Waals surface area contributed by atoms with Gasteiger partial charge < -0.3 is 37.8 Å². The third-order valence-electron chi connectivity index (χ3n) is 11.3. The van der Waals surface area contributed by atoms with Crippen LogP contribution in [0.2, 0.25) is 0 Å². The number of amides is 6. The van der Waals surface area contributed by atoms with Crippen LogP contribution in [0, 0.1) is 11.8 Å². The van der Waals surface area contributed by atoms with Gasteiger partial charge in [0.15, 0.2) is 0 Å². The maximum absolute atomic E-state index is 13.2. The fourth-order valence-corrected chi connectivity index (χ4v) is 7.55. The molecule has 0 heterocycles. The van der Waals surface area contributed by atoms with Gasteiger partial charge in [0, 0.05) is 19.3 Å². The summed E-state index contributed by atoms with van der Waals surface area (Å²) in [6, 6.07) is 5.42. The summed E-state index contributed by atoms with van der Waals surface area (Å²) in [5, 5.41) is 20.4. The van der Waals surface area contributed by atoms with Gasteiger partial charge in [-0.3, -0.25) is 28.8 Å². The molecule has 14 heteroatoms. The van der Waals surface area contributed by atoms with Gasteiger partial charge in [0.25, 0.3) is 0 Å². The van der Waals surface area contributed by atoms with E-state index in [1.54, 1.807) is 0 Å². The minimum Gasteiger partial charge on any atom is -0.480 e. The van der Waals surface area contributed by atoms with E-state index in [1.807, 2.05) is 44.2 Å². The maximum atomic E-state index is 13.2. The minimum atomic E-state index is -1.21. The number of rotatable bonds is 31. The van der Waals surface area contributed by atoms with Crippen molar-refractivity contribution in [3.05, 3.63) is 35.9 Å². The quantitative estimate of drug-likeness (QED) is 0.0497. The van der Waals surface area contributed by atoms with E-state index < -0.39 is 60.2 Å². The second-order valence-corrected chi connectivity index (χ2v) is 16.3. The molecule has 5 atom stereocenters. The molecule has 6 amide bonds. The Labute approximate surface area is 345 Å². The lowest BCUT2D eigenvalue weighted by molar-refractivity contribution is -0.143. The normalized spacial score (nSPS) is 15.6. The number of nitrogens with one attached hydrogen (secondary N) is 4. The highest BCUT2D eigenvalue weighted by Crippen LogP contribution is 2.27. The van der Waals surface area contributed by atoms with Crippen LogP contribution >= 0.6 is 0 Å². The van der Waals surface area contributed by atoms with Crippen molar-refractivity contribution in [2.75, 3.05) is 0 Å². The Morgan fingerprint density at radius 3 is 1.64 bits per heavy atom. The highest BCUT2D eigenvalue weighted by atomic mass is 16.4. The number of benzene rings is 1. The molecule has 0 bridgehead atoms. The summed E-state index contributed by atoms with van der Waals surface area (Å²) in [4.78, 5) is 87.0. The molecule has 0 saturated heterocycles. The SMILES string of the molecule is CCC(C)[C@H](NC(=O)CCCCCCCCCCCCCCC(=O)N[C@@H](CC(N)=O)C(=O)N[C@@H](CC1CCCCC1)C(=O)O)C(=O)N[C@@H](Cc1ccccc1)C(N)=O. The van der Waals surface area contributed by atoms with Crippen LogP contribution in [0.25, 0.3) is 0 Å². The number of carbonyl (C=O) groups excluding carboxylic acids is 6. The molecule has 1 aromatic carbocycles. The van der Waals surface area contributed by atoms with Crippen molar-refractivity contribution in [3.8, 4) is 0 Å². The molecule has 14 nitrogen and oxygen atoms in total. The van der Waals surface area contributed by atoms with Crippen LogP contribution in [0.4, 0.5) is 0 Å². The predicted octanol–water partition coefficient (Wildman–Crippen LogP) is 5.09. The van der Waals surface area contributed by atoms with Crippen molar-refractivity contribution in [2.45, 2.75) is 186 Å². The Hall–Kier alpha value is -4.49. The van der Waals surface area contributed by atoms with Crippen LogP contribution in [0.1, 0.15) is 161 Å². The molecule has 1 unspecified atom stereocenters. The van der Waals surface area contributed by atoms with Gasteiger partial charge in [-0.15, -0.1) is 0 Å². The predicted molar refractivity (Wildman–Crippen MR) is 224 cm³/mol. The Morgan fingerprint density at radius 2 is 1.16 bits per heavy atom. The number of nitrogens with two attached hydrogens (primary N) is 2. The molecule has 58 heavy (non-hydrogen) atoms. The van der Waals surface area contributed by atoms with Crippen molar-refractivity contribution >= 4 is 41.4 Å². The van der Waals surface area contributed by atoms with Crippen LogP contribution in [0.15, 0.2) is 30.3 Å². The number of hydrogen-bond donors (Lipinski definition) is 7. The monoisotopic (exact) mass is 813 g/mol. The zero-order chi connectivity index (χ0) is 42.7. The summed E-state index contributed by atoms with van der Waals surface area (Å²) in [5.74, 6) is -4.06. The summed E-state index contributed by atoms with van der Waals surface area (Å²) < 4.78 is 0. The fraction of sp³-hybridized carbons (Fsp3) is 0.705. The first-order chi connectivity index (χ1) is 27.8. The van der Waals surface area contributed by atoms with E-state index in [0.717, 1.165) is 108 Å². The summed E-state index contributed by atoms with van der Waals surface area (Å²) in [7, 11) is 0. The van der Waals surface area contributed by atoms with Crippen molar-refractivity contribution in [3.63, 3.8) is 0 Å². The molecule has 326 valence electrons. The Morgan fingerprint density at radius 1 is 0.655 bits per heavy atom. The zero-order valence-corrected chi connectivity index (χ0v) is 35.1. The lowest BCUT2D eigenvalue weighted by atomic mass is 9.85. The lowest BCUT2D eigenvalue weighted by Gasteiger charge is -2.26. The Bertz CT molecular complexity index is 1420. The van der Waals surface area contributed by atoms with E-state index in [9.17, 15) is 38.7 Å². The van der Waals surface area contributed by atoms with Crippen LogP contribution in [-0.4, -0.2) is 70.7 Å². The van der Waals surface area contributed by atoms with E-state index in [4.69, 9.17) is 11.5 Å². The second kappa shape index (κ2) is 28.8. The van der Waals surface area contributed by atoms with E-state index in [-0.39, 0.29) is 36.5 Å². The molecule has 1 saturated carbocycles.